The number of aliphatic hydroxyl groups excluding tert-OH is 1. The van der Waals surface area contributed by atoms with E-state index < -0.39 is 15.9 Å². The number of hydrogen-bond acceptors (Lipinski definition) is 5. The molecule has 2 heterocycles. The van der Waals surface area contributed by atoms with E-state index in [1.807, 2.05) is 17.5 Å². The molecular formula is C15H25NO3S2. The Morgan fingerprint density at radius 3 is 2.90 bits per heavy atom. The van der Waals surface area contributed by atoms with Crippen LogP contribution in [-0.2, 0) is 9.84 Å². The zero-order chi connectivity index (χ0) is 15.3. The van der Waals surface area contributed by atoms with Crippen LogP contribution in [-0.4, -0.2) is 49.6 Å². The van der Waals surface area contributed by atoms with Crippen molar-refractivity contribution in [2.75, 3.05) is 25.1 Å². The molecule has 6 heteroatoms. The number of thiophene rings is 1. The van der Waals surface area contributed by atoms with Crippen LogP contribution in [0.1, 0.15) is 43.1 Å². The molecule has 0 spiro atoms. The van der Waals surface area contributed by atoms with E-state index in [2.05, 4.69) is 4.90 Å². The molecule has 1 aliphatic rings. The Kier molecular flexibility index (Phi) is 6.22. The van der Waals surface area contributed by atoms with Gasteiger partial charge >= 0.3 is 0 Å². The molecule has 0 radical (unpaired) electrons. The average Bonchev–Trinajstić information content (AvgIpc) is 2.85. The SMILES string of the molecule is CS(=O)(=O)CCN1CCCCCC1CC(O)c1cccs1. The zero-order valence-corrected chi connectivity index (χ0v) is 14.2. The lowest BCUT2D eigenvalue weighted by atomic mass is 10.0. The molecule has 0 aliphatic carbocycles. The molecule has 0 bridgehead atoms. The molecule has 4 nitrogen and oxygen atoms in total. The summed E-state index contributed by atoms with van der Waals surface area (Å²) >= 11 is 1.58. The van der Waals surface area contributed by atoms with E-state index >= 15 is 0 Å². The van der Waals surface area contributed by atoms with E-state index in [0.717, 1.165) is 30.7 Å². The molecule has 21 heavy (non-hydrogen) atoms. The van der Waals surface area contributed by atoms with Crippen molar-refractivity contribution in [3.05, 3.63) is 22.4 Å². The van der Waals surface area contributed by atoms with Gasteiger partial charge in [-0.3, -0.25) is 4.90 Å². The van der Waals surface area contributed by atoms with Crippen LogP contribution < -0.4 is 0 Å². The molecule has 1 saturated heterocycles. The first-order chi connectivity index (χ1) is 9.96. The summed E-state index contributed by atoms with van der Waals surface area (Å²) in [5, 5.41) is 12.3. The number of sulfone groups is 1. The molecule has 1 aromatic rings. The van der Waals surface area contributed by atoms with Gasteiger partial charge in [-0.2, -0.15) is 0 Å². The third-order valence-corrected chi connectivity index (χ3v) is 6.01. The quantitative estimate of drug-likeness (QED) is 0.870. The van der Waals surface area contributed by atoms with Gasteiger partial charge in [0.1, 0.15) is 9.84 Å². The second-order valence-corrected chi connectivity index (χ2v) is 9.17. The van der Waals surface area contributed by atoms with Gasteiger partial charge in [0, 0.05) is 23.7 Å². The Morgan fingerprint density at radius 1 is 1.43 bits per heavy atom. The topological polar surface area (TPSA) is 57.6 Å². The summed E-state index contributed by atoms with van der Waals surface area (Å²) in [4.78, 5) is 3.27. The predicted molar refractivity (Wildman–Crippen MR) is 87.4 cm³/mol. The van der Waals surface area contributed by atoms with Gasteiger partial charge in [0.25, 0.3) is 0 Å². The second-order valence-electron chi connectivity index (χ2n) is 5.94. The van der Waals surface area contributed by atoms with E-state index in [4.69, 9.17) is 0 Å². The maximum absolute atomic E-state index is 11.4. The lowest BCUT2D eigenvalue weighted by molar-refractivity contribution is 0.107. The predicted octanol–water partition coefficient (Wildman–Crippen LogP) is 2.46. The smallest absolute Gasteiger partial charge is 0.148 e. The first-order valence-corrected chi connectivity index (χ1v) is 10.5. The Hall–Kier alpha value is -0.430. The minimum atomic E-state index is -2.93. The van der Waals surface area contributed by atoms with E-state index in [-0.39, 0.29) is 11.8 Å². The van der Waals surface area contributed by atoms with Crippen LogP contribution in [0.3, 0.4) is 0 Å². The van der Waals surface area contributed by atoms with Gasteiger partial charge in [-0.15, -0.1) is 11.3 Å². The lowest BCUT2D eigenvalue weighted by Crippen LogP contribution is -2.39. The molecule has 1 aromatic heterocycles. The number of likely N-dealkylation sites (tertiary alicyclic amines) is 1. The van der Waals surface area contributed by atoms with Gasteiger partial charge < -0.3 is 5.11 Å². The number of hydrogen-bond donors (Lipinski definition) is 1. The second kappa shape index (κ2) is 7.72. The van der Waals surface area contributed by atoms with E-state index in [1.165, 1.54) is 12.7 Å². The molecule has 0 amide bonds. The fourth-order valence-electron chi connectivity index (χ4n) is 2.94. The molecule has 1 N–H and O–H groups in total. The number of nitrogens with zero attached hydrogens (tertiary/aromatic N) is 1. The zero-order valence-electron chi connectivity index (χ0n) is 12.6. The highest BCUT2D eigenvalue weighted by Crippen LogP contribution is 2.28. The summed E-state index contributed by atoms with van der Waals surface area (Å²) in [5.41, 5.74) is 0. The van der Waals surface area contributed by atoms with Crippen molar-refractivity contribution in [1.82, 2.24) is 4.90 Å². The van der Waals surface area contributed by atoms with Gasteiger partial charge in [-0.05, 0) is 37.3 Å². The lowest BCUT2D eigenvalue weighted by Gasteiger charge is -2.31. The molecular weight excluding hydrogens is 306 g/mol. The largest absolute Gasteiger partial charge is 0.388 e. The molecule has 2 atom stereocenters. The van der Waals surface area contributed by atoms with E-state index in [1.54, 1.807) is 11.3 Å². The van der Waals surface area contributed by atoms with E-state index in [9.17, 15) is 13.5 Å². The van der Waals surface area contributed by atoms with Crippen LogP contribution in [0.15, 0.2) is 17.5 Å². The van der Waals surface area contributed by atoms with Crippen molar-refractivity contribution in [1.29, 1.82) is 0 Å². The van der Waals surface area contributed by atoms with Gasteiger partial charge in [0.15, 0.2) is 0 Å². The molecule has 2 unspecified atom stereocenters. The Bertz CT molecular complexity index is 513. The van der Waals surface area contributed by atoms with Crippen molar-refractivity contribution >= 4 is 21.2 Å². The fourth-order valence-corrected chi connectivity index (χ4v) is 4.23. The first kappa shape index (κ1) is 16.9. The van der Waals surface area contributed by atoms with Gasteiger partial charge in [-0.25, -0.2) is 8.42 Å². The standard InChI is InChI=1S/C15H25NO3S2/c1-21(18,19)11-9-16-8-4-2-3-6-13(16)12-14(17)15-7-5-10-20-15/h5,7,10,13-14,17H,2-4,6,8-9,11-12H2,1H3. The maximum atomic E-state index is 11.4. The number of aliphatic hydroxyl groups is 1. The van der Waals surface area contributed by atoms with Gasteiger partial charge in [0.2, 0.25) is 0 Å². The summed E-state index contributed by atoms with van der Waals surface area (Å²) in [5.74, 6) is 0.207. The van der Waals surface area contributed by atoms with Crippen molar-refractivity contribution < 1.29 is 13.5 Å². The molecule has 0 saturated carbocycles. The minimum Gasteiger partial charge on any atom is -0.388 e. The first-order valence-electron chi connectivity index (χ1n) is 7.59. The Balaban J connectivity index is 1.98. The molecule has 1 aliphatic heterocycles. The third kappa shape index (κ3) is 5.70. The van der Waals surface area contributed by atoms with Crippen LogP contribution in [0.5, 0.6) is 0 Å². The van der Waals surface area contributed by atoms with Crippen LogP contribution in [0, 0.1) is 0 Å². The molecule has 120 valence electrons. The van der Waals surface area contributed by atoms with Crippen LogP contribution >= 0.6 is 11.3 Å². The van der Waals surface area contributed by atoms with Crippen LogP contribution in [0.25, 0.3) is 0 Å². The summed E-state index contributed by atoms with van der Waals surface area (Å²) in [7, 11) is -2.93. The van der Waals surface area contributed by atoms with Gasteiger partial charge in [0.05, 0.1) is 11.9 Å². The van der Waals surface area contributed by atoms with Crippen molar-refractivity contribution in [2.45, 2.75) is 44.2 Å². The van der Waals surface area contributed by atoms with Crippen molar-refractivity contribution in [3.63, 3.8) is 0 Å². The summed E-state index contributed by atoms with van der Waals surface area (Å²) in [6.07, 6.45) is 6.08. The molecule has 2 rings (SSSR count). The Labute approximate surface area is 131 Å². The summed E-state index contributed by atoms with van der Waals surface area (Å²) in [6.45, 7) is 1.53. The molecule has 0 aromatic carbocycles. The monoisotopic (exact) mass is 331 g/mol. The summed E-state index contributed by atoms with van der Waals surface area (Å²) < 4.78 is 22.8. The van der Waals surface area contributed by atoms with E-state index in [0.29, 0.717) is 13.0 Å². The number of rotatable bonds is 6. The minimum absolute atomic E-state index is 0.207. The van der Waals surface area contributed by atoms with Crippen LogP contribution in [0.4, 0.5) is 0 Å². The highest BCUT2D eigenvalue weighted by atomic mass is 32.2. The normalized spacial score (nSPS) is 22.9. The third-order valence-electron chi connectivity index (χ3n) is 4.12. The van der Waals surface area contributed by atoms with Gasteiger partial charge in [-0.1, -0.05) is 18.9 Å². The average molecular weight is 332 g/mol. The summed E-state index contributed by atoms with van der Waals surface area (Å²) in [6, 6.07) is 4.20. The van der Waals surface area contributed by atoms with Crippen molar-refractivity contribution in [3.8, 4) is 0 Å². The van der Waals surface area contributed by atoms with Crippen LogP contribution in [0.2, 0.25) is 0 Å². The highest BCUT2D eigenvalue weighted by molar-refractivity contribution is 7.90. The van der Waals surface area contributed by atoms with Crippen molar-refractivity contribution in [2.24, 2.45) is 0 Å². The fraction of sp³-hybridized carbons (Fsp3) is 0.733. The Morgan fingerprint density at radius 2 is 2.24 bits per heavy atom. The molecule has 1 fully saturated rings. The highest BCUT2D eigenvalue weighted by Gasteiger charge is 2.25. The maximum Gasteiger partial charge on any atom is 0.148 e.